The molecule has 2 nitrogen and oxygen atoms in total. The van der Waals surface area contributed by atoms with Crippen LogP contribution in [0.4, 0.5) is 5.69 Å². The van der Waals surface area contributed by atoms with Crippen LogP contribution >= 0.6 is 33.9 Å². The van der Waals surface area contributed by atoms with Crippen molar-refractivity contribution in [1.82, 2.24) is 0 Å². The Morgan fingerprint density at radius 3 is 2.70 bits per heavy atom. The van der Waals surface area contributed by atoms with E-state index in [-0.39, 0.29) is 5.91 Å². The Morgan fingerprint density at radius 2 is 2.05 bits per heavy atom. The third-order valence-corrected chi connectivity index (χ3v) is 5.45. The molecule has 4 heteroatoms. The van der Waals surface area contributed by atoms with Crippen molar-refractivity contribution in [2.24, 2.45) is 0 Å². The molecule has 0 radical (unpaired) electrons. The van der Waals surface area contributed by atoms with Gasteiger partial charge in [0.1, 0.15) is 0 Å². The molecule has 2 aromatic rings. The molecule has 1 N–H and O–H groups in total. The summed E-state index contributed by atoms with van der Waals surface area (Å²) in [5.74, 6) is -0.0138. The Kier molecular flexibility index (Phi) is 5.21. The van der Waals surface area contributed by atoms with E-state index in [1.54, 1.807) is 11.3 Å². The highest BCUT2D eigenvalue weighted by Gasteiger charge is 2.12. The fourth-order valence-corrected chi connectivity index (χ4v) is 3.49. The predicted molar refractivity (Wildman–Crippen MR) is 94.9 cm³/mol. The maximum absolute atomic E-state index is 12.3. The summed E-state index contributed by atoms with van der Waals surface area (Å²) in [4.78, 5) is 14.3. The number of aryl methyl sites for hydroxylation is 3. The highest BCUT2D eigenvalue weighted by Crippen LogP contribution is 2.24. The molecule has 0 aliphatic carbocycles. The second-order valence-corrected chi connectivity index (χ2v) is 7.28. The largest absolute Gasteiger partial charge is 0.321 e. The van der Waals surface area contributed by atoms with Crippen LogP contribution in [0.2, 0.25) is 0 Å². The lowest BCUT2D eigenvalue weighted by atomic mass is 10.1. The zero-order valence-electron chi connectivity index (χ0n) is 11.9. The van der Waals surface area contributed by atoms with Crippen molar-refractivity contribution in [3.63, 3.8) is 0 Å². The summed E-state index contributed by atoms with van der Waals surface area (Å²) in [6, 6.07) is 8.00. The van der Waals surface area contributed by atoms with Crippen LogP contribution in [0.1, 0.15) is 39.0 Å². The third-order valence-electron chi connectivity index (χ3n) is 3.19. The van der Waals surface area contributed by atoms with Gasteiger partial charge in [-0.25, -0.2) is 0 Å². The molecule has 0 aliphatic rings. The first-order valence-electron chi connectivity index (χ1n) is 6.68. The zero-order valence-corrected chi connectivity index (χ0v) is 14.9. The number of benzene rings is 1. The highest BCUT2D eigenvalue weighted by atomic mass is 127. The first-order chi connectivity index (χ1) is 9.51. The molecule has 0 aliphatic heterocycles. The highest BCUT2D eigenvalue weighted by molar-refractivity contribution is 14.1. The van der Waals surface area contributed by atoms with Crippen LogP contribution < -0.4 is 5.32 Å². The van der Waals surface area contributed by atoms with Gasteiger partial charge in [0.25, 0.3) is 5.91 Å². The van der Waals surface area contributed by atoms with Gasteiger partial charge in [0, 0.05) is 14.1 Å². The van der Waals surface area contributed by atoms with E-state index in [2.05, 4.69) is 48.7 Å². The number of carbonyl (C=O) groups is 1. The average Bonchev–Trinajstić information content (AvgIpc) is 2.76. The van der Waals surface area contributed by atoms with Crippen molar-refractivity contribution in [1.29, 1.82) is 0 Å². The summed E-state index contributed by atoms with van der Waals surface area (Å²) in [7, 11) is 0. The lowest BCUT2D eigenvalue weighted by Gasteiger charge is -2.05. The fourth-order valence-electron chi connectivity index (χ4n) is 2.01. The molecule has 106 valence electrons. The van der Waals surface area contributed by atoms with Gasteiger partial charge in [-0.2, -0.15) is 0 Å². The standard InChI is InChI=1S/C16H18INOS/c1-4-5-12-8-15(20-11(12)3)16(19)18-13-7-6-10(2)14(17)9-13/h6-9H,4-5H2,1-3H3,(H,18,19). The Bertz CT molecular complexity index is 633. The monoisotopic (exact) mass is 399 g/mol. The molecule has 2 rings (SSSR count). The van der Waals surface area contributed by atoms with E-state index in [9.17, 15) is 4.79 Å². The summed E-state index contributed by atoms with van der Waals surface area (Å²) in [6.07, 6.45) is 2.15. The quantitative estimate of drug-likeness (QED) is 0.706. The number of hydrogen-bond acceptors (Lipinski definition) is 2. The molecule has 0 fully saturated rings. The molecule has 0 saturated heterocycles. The van der Waals surface area contributed by atoms with Crippen molar-refractivity contribution >= 4 is 45.5 Å². The van der Waals surface area contributed by atoms with Crippen molar-refractivity contribution in [2.75, 3.05) is 5.32 Å². The van der Waals surface area contributed by atoms with Crippen LogP contribution in [-0.2, 0) is 6.42 Å². The maximum Gasteiger partial charge on any atom is 0.265 e. The molecular formula is C16H18INOS. The summed E-state index contributed by atoms with van der Waals surface area (Å²) in [5, 5.41) is 2.98. The molecule has 0 saturated carbocycles. The second-order valence-electron chi connectivity index (χ2n) is 4.86. The minimum Gasteiger partial charge on any atom is -0.321 e. The van der Waals surface area contributed by atoms with Crippen molar-refractivity contribution in [2.45, 2.75) is 33.6 Å². The molecule has 0 spiro atoms. The molecule has 1 amide bonds. The number of hydrogen-bond donors (Lipinski definition) is 1. The molecular weight excluding hydrogens is 381 g/mol. The number of halogens is 1. The summed E-state index contributed by atoms with van der Waals surface area (Å²) >= 11 is 3.86. The van der Waals surface area contributed by atoms with E-state index in [0.29, 0.717) is 0 Å². The summed E-state index contributed by atoms with van der Waals surface area (Å²) < 4.78 is 1.16. The molecule has 0 unspecified atom stereocenters. The van der Waals surface area contributed by atoms with Gasteiger partial charge in [-0.15, -0.1) is 11.3 Å². The van der Waals surface area contributed by atoms with Gasteiger partial charge in [0.05, 0.1) is 4.88 Å². The molecule has 1 heterocycles. The summed E-state index contributed by atoms with van der Waals surface area (Å²) in [6.45, 7) is 6.30. The van der Waals surface area contributed by atoms with Crippen LogP contribution in [0, 0.1) is 17.4 Å². The number of amides is 1. The molecule has 20 heavy (non-hydrogen) atoms. The topological polar surface area (TPSA) is 29.1 Å². The zero-order chi connectivity index (χ0) is 14.7. The number of thiophene rings is 1. The van der Waals surface area contributed by atoms with Crippen LogP contribution in [0.3, 0.4) is 0 Å². The van der Waals surface area contributed by atoms with Crippen LogP contribution in [0.15, 0.2) is 24.3 Å². The first-order valence-corrected chi connectivity index (χ1v) is 8.57. The van der Waals surface area contributed by atoms with E-state index < -0.39 is 0 Å². The van der Waals surface area contributed by atoms with Gasteiger partial charge < -0.3 is 5.32 Å². The van der Waals surface area contributed by atoms with Gasteiger partial charge in [-0.1, -0.05) is 19.4 Å². The molecule has 1 aromatic heterocycles. The first kappa shape index (κ1) is 15.5. The van der Waals surface area contributed by atoms with Crippen LogP contribution in [-0.4, -0.2) is 5.91 Å². The van der Waals surface area contributed by atoms with E-state index in [0.717, 1.165) is 27.0 Å². The van der Waals surface area contributed by atoms with Crippen molar-refractivity contribution < 1.29 is 4.79 Å². The second kappa shape index (κ2) is 6.72. The van der Waals surface area contributed by atoms with Gasteiger partial charge in [0.15, 0.2) is 0 Å². The number of carbonyl (C=O) groups excluding carboxylic acids is 1. The van der Waals surface area contributed by atoms with Crippen molar-refractivity contribution in [3.8, 4) is 0 Å². The molecule has 1 aromatic carbocycles. The molecule has 0 bridgehead atoms. The van der Waals surface area contributed by atoms with E-state index in [4.69, 9.17) is 0 Å². The van der Waals surface area contributed by atoms with E-state index in [1.165, 1.54) is 16.0 Å². The normalized spacial score (nSPS) is 10.6. The van der Waals surface area contributed by atoms with Gasteiger partial charge in [0.2, 0.25) is 0 Å². The minimum absolute atomic E-state index is 0.0138. The Hall–Kier alpha value is -0.880. The Balaban J connectivity index is 2.15. The third kappa shape index (κ3) is 3.61. The SMILES string of the molecule is CCCc1cc(C(=O)Nc2ccc(C)c(I)c2)sc1C. The van der Waals surface area contributed by atoms with E-state index >= 15 is 0 Å². The average molecular weight is 399 g/mol. The fraction of sp³-hybridized carbons (Fsp3) is 0.312. The van der Waals surface area contributed by atoms with Crippen LogP contribution in [0.25, 0.3) is 0 Å². The molecule has 0 atom stereocenters. The smallest absolute Gasteiger partial charge is 0.265 e. The minimum atomic E-state index is -0.0138. The predicted octanol–water partition coefficient (Wildman–Crippen LogP) is 5.17. The lowest BCUT2D eigenvalue weighted by molar-refractivity contribution is 0.103. The van der Waals surface area contributed by atoms with Crippen molar-refractivity contribution in [3.05, 3.63) is 48.7 Å². The Labute approximate surface area is 137 Å². The number of nitrogens with one attached hydrogen (secondary N) is 1. The van der Waals surface area contributed by atoms with Gasteiger partial charge >= 0.3 is 0 Å². The van der Waals surface area contributed by atoms with Crippen LogP contribution in [0.5, 0.6) is 0 Å². The van der Waals surface area contributed by atoms with E-state index in [1.807, 2.05) is 24.3 Å². The Morgan fingerprint density at radius 1 is 1.30 bits per heavy atom. The lowest BCUT2D eigenvalue weighted by Crippen LogP contribution is -2.10. The number of anilines is 1. The van der Waals surface area contributed by atoms with Gasteiger partial charge in [-0.05, 0) is 72.2 Å². The van der Waals surface area contributed by atoms with Gasteiger partial charge in [-0.3, -0.25) is 4.79 Å². The number of rotatable bonds is 4. The summed E-state index contributed by atoms with van der Waals surface area (Å²) in [5.41, 5.74) is 3.37. The maximum atomic E-state index is 12.3.